The lowest BCUT2D eigenvalue weighted by Crippen LogP contribution is -2.41. The van der Waals surface area contributed by atoms with Crippen LogP contribution in [0.5, 0.6) is 0 Å². The number of carbonyl (C=O) groups excluding carboxylic acids is 1. The van der Waals surface area contributed by atoms with Crippen molar-refractivity contribution in [3.8, 4) is 0 Å². The molecule has 1 aromatic rings. The second kappa shape index (κ2) is 15.5. The third kappa shape index (κ3) is 8.59. The molecule has 2 aliphatic heterocycles. The Balaban J connectivity index is 0.00000145. The number of nitrogens with two attached hydrogens (primary N) is 3. The summed E-state index contributed by atoms with van der Waals surface area (Å²) in [5.41, 5.74) is 18.9. The molecule has 1 amide bonds. The quantitative estimate of drug-likeness (QED) is 0.170. The Bertz CT molecular complexity index is 944. The summed E-state index contributed by atoms with van der Waals surface area (Å²) in [6.45, 7) is 10.9. The minimum Gasteiger partial charge on any atom is -0.394 e. The first-order valence-electron chi connectivity index (χ1n) is 11.9. The molecule has 0 atom stereocenters. The second-order valence-corrected chi connectivity index (χ2v) is 8.22. The largest absolute Gasteiger partial charge is 0.394 e. The number of allylic oxidation sites excluding steroid dienone is 1. The maximum absolute atomic E-state index is 13.9. The molecule has 1 aromatic carbocycles. The van der Waals surface area contributed by atoms with E-state index in [0.717, 1.165) is 25.9 Å². The molecule has 3 rings (SSSR count). The zero-order valence-electron chi connectivity index (χ0n) is 20.9. The van der Waals surface area contributed by atoms with E-state index in [1.807, 2.05) is 32.6 Å². The first kappa shape index (κ1) is 30.5. The first-order chi connectivity index (χ1) is 16.8. The highest BCUT2D eigenvalue weighted by Crippen LogP contribution is 2.30. The van der Waals surface area contributed by atoms with Gasteiger partial charge in [-0.15, -0.1) is 0 Å². The molecule has 0 aliphatic carbocycles. The molecule has 0 aromatic heterocycles. The number of hydrogen-bond acceptors (Lipinski definition) is 6. The summed E-state index contributed by atoms with van der Waals surface area (Å²) in [6, 6.07) is 2.65. The van der Waals surface area contributed by atoms with Gasteiger partial charge in [0.1, 0.15) is 23.2 Å². The van der Waals surface area contributed by atoms with Gasteiger partial charge in [-0.05, 0) is 44.1 Å². The van der Waals surface area contributed by atoms with Crippen LogP contribution < -0.4 is 27.8 Å². The first-order valence-corrected chi connectivity index (χ1v) is 12.7. The Morgan fingerprint density at radius 1 is 1.17 bits per heavy atom. The van der Waals surface area contributed by atoms with E-state index < -0.39 is 11.7 Å². The molecule has 0 bridgehead atoms. The van der Waals surface area contributed by atoms with Crippen LogP contribution in [0.2, 0.25) is 10.0 Å². The lowest BCUT2D eigenvalue weighted by Gasteiger charge is -2.32. The van der Waals surface area contributed by atoms with Crippen molar-refractivity contribution in [3.05, 3.63) is 56.8 Å². The molecule has 0 saturated carbocycles. The second-order valence-electron chi connectivity index (χ2n) is 7.43. The van der Waals surface area contributed by atoms with Gasteiger partial charge in [0.25, 0.3) is 5.91 Å². The number of halogens is 3. The zero-order chi connectivity index (χ0) is 26.5. The smallest absolute Gasteiger partial charge is 0.294 e. The average molecular weight is 531 g/mol. The zero-order valence-corrected chi connectivity index (χ0v) is 22.4. The molecule has 0 radical (unpaired) electrons. The molecule has 0 unspecified atom stereocenters. The summed E-state index contributed by atoms with van der Waals surface area (Å²) in [7, 11) is 0. The summed E-state index contributed by atoms with van der Waals surface area (Å²) in [6.07, 6.45) is 3.07. The number of carbonyl (C=O) groups is 1. The Morgan fingerprint density at radius 3 is 2.43 bits per heavy atom. The van der Waals surface area contributed by atoms with Gasteiger partial charge in [0, 0.05) is 36.1 Å². The molecule has 2 heterocycles. The Morgan fingerprint density at radius 2 is 1.80 bits per heavy atom. The molecule has 0 spiro atoms. The van der Waals surface area contributed by atoms with E-state index in [1.165, 1.54) is 18.2 Å². The summed E-state index contributed by atoms with van der Waals surface area (Å²) in [5, 5.41) is 6.53. The van der Waals surface area contributed by atoms with Gasteiger partial charge in [0.2, 0.25) is 0 Å². The van der Waals surface area contributed by atoms with Crippen molar-refractivity contribution < 1.29 is 9.18 Å². The molecular weight excluding hydrogens is 492 g/mol. The normalized spacial score (nSPS) is 17.1. The SMILES string of the molecule is CC.CC.NC(=NC(=O)/C(N)=C/C1=C(N)NCCN1Cc1c(Cl)ccc(F)c1Cl)C1CCNCC1. The number of aliphatic imine (C=N–C) groups is 1. The molecular formula is C24H38Cl2FN7O. The van der Waals surface area contributed by atoms with E-state index in [9.17, 15) is 9.18 Å². The van der Waals surface area contributed by atoms with E-state index in [1.54, 1.807) is 0 Å². The van der Waals surface area contributed by atoms with E-state index in [0.29, 0.717) is 35.2 Å². The summed E-state index contributed by atoms with van der Waals surface area (Å²) < 4.78 is 13.9. The van der Waals surface area contributed by atoms with Gasteiger partial charge in [0.15, 0.2) is 0 Å². The van der Waals surface area contributed by atoms with Crippen molar-refractivity contribution in [1.29, 1.82) is 0 Å². The van der Waals surface area contributed by atoms with E-state index >= 15 is 0 Å². The number of hydrogen-bond donors (Lipinski definition) is 5. The van der Waals surface area contributed by atoms with Crippen LogP contribution in [0.15, 0.2) is 40.4 Å². The number of amidine groups is 1. The molecule has 11 heteroatoms. The van der Waals surface area contributed by atoms with Crippen molar-refractivity contribution in [2.24, 2.45) is 28.1 Å². The van der Waals surface area contributed by atoms with E-state index in [2.05, 4.69) is 15.6 Å². The van der Waals surface area contributed by atoms with Crippen molar-refractivity contribution >= 4 is 34.9 Å². The number of rotatable bonds is 5. The van der Waals surface area contributed by atoms with E-state index in [4.69, 9.17) is 40.4 Å². The van der Waals surface area contributed by atoms with Crippen molar-refractivity contribution in [2.75, 3.05) is 26.2 Å². The molecule has 2 aliphatic rings. The van der Waals surface area contributed by atoms with Crippen LogP contribution in [0.25, 0.3) is 0 Å². The topological polar surface area (TPSA) is 135 Å². The Kier molecular flexibility index (Phi) is 13.5. The van der Waals surface area contributed by atoms with Crippen molar-refractivity contribution in [3.63, 3.8) is 0 Å². The van der Waals surface area contributed by atoms with Crippen molar-refractivity contribution in [1.82, 2.24) is 15.5 Å². The van der Waals surface area contributed by atoms with Gasteiger partial charge in [-0.2, -0.15) is 4.99 Å². The van der Waals surface area contributed by atoms with E-state index in [-0.39, 0.29) is 29.0 Å². The highest BCUT2D eigenvalue weighted by atomic mass is 35.5. The maximum atomic E-state index is 13.9. The number of amides is 1. The number of nitrogens with one attached hydrogen (secondary N) is 2. The minimum atomic E-state index is -0.635. The predicted molar refractivity (Wildman–Crippen MR) is 143 cm³/mol. The lowest BCUT2D eigenvalue weighted by atomic mass is 9.97. The Labute approximate surface area is 217 Å². The van der Waals surface area contributed by atoms with Crippen LogP contribution in [0, 0.1) is 11.7 Å². The van der Waals surface area contributed by atoms with Crippen LogP contribution in [-0.2, 0) is 11.3 Å². The average Bonchev–Trinajstić information content (AvgIpc) is 2.88. The fourth-order valence-corrected chi connectivity index (χ4v) is 4.03. The molecule has 8 N–H and O–H groups in total. The minimum absolute atomic E-state index is 0.0485. The fraction of sp³-hybridized carbons (Fsp3) is 0.500. The lowest BCUT2D eigenvalue weighted by molar-refractivity contribution is -0.114. The van der Waals surface area contributed by atoms with Crippen LogP contribution in [-0.4, -0.2) is 42.8 Å². The maximum Gasteiger partial charge on any atom is 0.294 e. The van der Waals surface area contributed by atoms with Crippen molar-refractivity contribution in [2.45, 2.75) is 47.1 Å². The van der Waals surface area contributed by atoms with Gasteiger partial charge >= 0.3 is 0 Å². The van der Waals surface area contributed by atoms with Crippen LogP contribution in [0.1, 0.15) is 46.1 Å². The molecule has 1 saturated heterocycles. The van der Waals surface area contributed by atoms with Crippen LogP contribution >= 0.6 is 23.2 Å². The van der Waals surface area contributed by atoms with Gasteiger partial charge < -0.3 is 32.7 Å². The summed E-state index contributed by atoms with van der Waals surface area (Å²) in [4.78, 5) is 18.3. The van der Waals surface area contributed by atoms with Gasteiger partial charge in [0.05, 0.1) is 10.7 Å². The van der Waals surface area contributed by atoms with Gasteiger partial charge in [-0.25, -0.2) is 4.39 Å². The highest BCUT2D eigenvalue weighted by Gasteiger charge is 2.22. The number of nitrogens with zero attached hydrogens (tertiary/aromatic N) is 2. The third-order valence-corrected chi connectivity index (χ3v) is 6.09. The van der Waals surface area contributed by atoms with Crippen LogP contribution in [0.3, 0.4) is 0 Å². The highest BCUT2D eigenvalue weighted by molar-refractivity contribution is 6.36. The molecule has 196 valence electrons. The molecule has 1 fully saturated rings. The molecule has 8 nitrogen and oxygen atoms in total. The Hall–Kier alpha value is -2.49. The van der Waals surface area contributed by atoms with Crippen LogP contribution in [0.4, 0.5) is 4.39 Å². The monoisotopic (exact) mass is 529 g/mol. The summed E-state index contributed by atoms with van der Waals surface area (Å²) >= 11 is 12.3. The fourth-order valence-electron chi connectivity index (χ4n) is 3.54. The van der Waals surface area contributed by atoms with Gasteiger partial charge in [-0.1, -0.05) is 50.9 Å². The summed E-state index contributed by atoms with van der Waals surface area (Å²) in [5.74, 6) is -0.554. The number of benzene rings is 1. The molecule has 35 heavy (non-hydrogen) atoms. The van der Waals surface area contributed by atoms with Gasteiger partial charge in [-0.3, -0.25) is 4.79 Å². The standard InChI is InChI=1S/C20H26Cl2FN7O.2C2H6/c21-13-1-2-14(23)17(22)12(13)10-30-8-7-28-19(26)16(30)9-15(24)20(31)29-18(25)11-3-5-27-6-4-11;2*1-2/h1-2,9,11,27-28H,3-8,10,24,26H2,(H2,25,29,31);2*1-2H3/b15-9-;;. The number of piperidine rings is 1. The predicted octanol–water partition coefficient (Wildman–Crippen LogP) is 3.44. The third-order valence-electron chi connectivity index (χ3n) is 5.33.